The first-order chi connectivity index (χ1) is 29.3. The Morgan fingerprint density at radius 2 is 0.898 bits per heavy atom. The van der Waals surface area contributed by atoms with Crippen LogP contribution in [0.25, 0.3) is 22.3 Å². The Kier molecular flexibility index (Phi) is 7.57. The van der Waals surface area contributed by atoms with Crippen molar-refractivity contribution in [1.82, 2.24) is 0 Å². The molecule has 0 saturated heterocycles. The minimum atomic E-state index is -2.64. The van der Waals surface area contributed by atoms with Crippen molar-refractivity contribution in [2.24, 2.45) is 0 Å². The van der Waals surface area contributed by atoms with Crippen LogP contribution in [0.3, 0.4) is 0 Å². The Hall–Kier alpha value is -7.20. The third-order valence-corrected chi connectivity index (χ3v) is 18.0. The van der Waals surface area contributed by atoms with Crippen LogP contribution in [0.15, 0.2) is 231 Å². The molecule has 59 heavy (non-hydrogen) atoms. The van der Waals surface area contributed by atoms with E-state index < -0.39 is 13.5 Å². The molecule has 0 radical (unpaired) electrons. The van der Waals surface area contributed by atoms with Gasteiger partial charge in [0.25, 0.3) is 0 Å². The van der Waals surface area contributed by atoms with Crippen LogP contribution < -0.4 is 31.0 Å². The lowest BCUT2D eigenvalue weighted by molar-refractivity contribution is 0.720. The van der Waals surface area contributed by atoms with Crippen LogP contribution in [0.2, 0.25) is 0 Å². The molecule has 9 aromatic rings. The number of benzene rings is 9. The molecule has 2 aliphatic heterocycles. The lowest BCUT2D eigenvalue weighted by Crippen LogP contribution is -2.74. The fourth-order valence-electron chi connectivity index (χ4n) is 10.9. The smallest absolute Gasteiger partial charge is 0.179 e. The second-order valence-corrected chi connectivity index (χ2v) is 19.8. The van der Waals surface area contributed by atoms with Gasteiger partial charge in [0, 0.05) is 5.69 Å². The second kappa shape index (κ2) is 13.2. The third kappa shape index (κ3) is 4.74. The van der Waals surface area contributed by atoms with E-state index in [0.29, 0.717) is 0 Å². The maximum absolute atomic E-state index is 3.95. The predicted octanol–water partition coefficient (Wildman–Crippen LogP) is 10.7. The Labute approximate surface area is 346 Å². The Balaban J connectivity index is 1.06. The Morgan fingerprint density at radius 3 is 1.56 bits per heavy atom. The number of nitrogens with one attached hydrogen (secondary N) is 1. The second-order valence-electron chi connectivity index (χ2n) is 16.0. The maximum Gasteiger partial charge on any atom is 0.179 e. The van der Waals surface area contributed by atoms with Crippen LogP contribution in [0.1, 0.15) is 34.0 Å². The van der Waals surface area contributed by atoms with Gasteiger partial charge in [-0.2, -0.15) is 0 Å². The highest BCUT2D eigenvalue weighted by Gasteiger charge is 2.54. The lowest BCUT2D eigenvalue weighted by atomic mass is 9.64. The fraction of sp³-hybridized carbons (Fsp3) is 0.0357. The molecule has 1 spiro atoms. The van der Waals surface area contributed by atoms with Crippen molar-refractivity contribution in [1.29, 1.82) is 0 Å². The molecule has 2 nitrogen and oxygen atoms in total. The van der Waals surface area contributed by atoms with Crippen LogP contribution in [0.5, 0.6) is 0 Å². The number of hydrogen-bond acceptors (Lipinski definition) is 2. The quantitative estimate of drug-likeness (QED) is 0.134. The first-order valence-electron chi connectivity index (χ1n) is 20.6. The third-order valence-electron chi connectivity index (χ3n) is 13.2. The van der Waals surface area contributed by atoms with E-state index in [9.17, 15) is 0 Å². The van der Waals surface area contributed by atoms with Gasteiger partial charge in [-0.15, -0.1) is 0 Å². The van der Waals surface area contributed by atoms with E-state index in [-0.39, 0.29) is 6.17 Å². The van der Waals surface area contributed by atoms with Crippen LogP contribution in [0, 0.1) is 0 Å². The summed E-state index contributed by atoms with van der Waals surface area (Å²) in [6.07, 6.45) is -0.00913. The van der Waals surface area contributed by atoms with Crippen molar-refractivity contribution in [2.75, 3.05) is 10.2 Å². The molecule has 3 heteroatoms. The highest BCUT2D eigenvalue weighted by molar-refractivity contribution is 7.19. The number of fused-ring (bicyclic) bond motifs is 9. The van der Waals surface area contributed by atoms with Gasteiger partial charge in [-0.05, 0) is 89.0 Å². The zero-order valence-electron chi connectivity index (χ0n) is 32.5. The Bertz CT molecular complexity index is 2920. The van der Waals surface area contributed by atoms with Crippen LogP contribution in [-0.4, -0.2) is 8.07 Å². The lowest BCUT2D eigenvalue weighted by Gasteiger charge is -2.44. The van der Waals surface area contributed by atoms with Crippen molar-refractivity contribution in [3.05, 3.63) is 258 Å². The maximum atomic E-state index is 3.95. The average molecular weight is 769 g/mol. The van der Waals surface area contributed by atoms with Gasteiger partial charge >= 0.3 is 0 Å². The number of hydrogen-bond donors (Lipinski definition) is 1. The van der Waals surface area contributed by atoms with E-state index in [1.807, 2.05) is 0 Å². The topological polar surface area (TPSA) is 15.3 Å². The summed E-state index contributed by atoms with van der Waals surface area (Å²) in [7, 11) is -2.64. The van der Waals surface area contributed by atoms with E-state index in [2.05, 4.69) is 241 Å². The summed E-state index contributed by atoms with van der Waals surface area (Å²) in [4.78, 5) is 2.55. The zero-order chi connectivity index (χ0) is 39.0. The monoisotopic (exact) mass is 768 g/mol. The molecule has 278 valence electrons. The van der Waals surface area contributed by atoms with Crippen molar-refractivity contribution in [2.45, 2.75) is 11.6 Å². The minimum absolute atomic E-state index is 0.00913. The molecular formula is C56H40N2Si. The fourth-order valence-corrected chi connectivity index (χ4v) is 15.6. The van der Waals surface area contributed by atoms with Gasteiger partial charge in [0.2, 0.25) is 0 Å². The van der Waals surface area contributed by atoms with Crippen LogP contribution in [-0.2, 0) is 5.41 Å². The molecule has 0 aromatic heterocycles. The molecule has 1 aliphatic carbocycles. The van der Waals surface area contributed by atoms with E-state index >= 15 is 0 Å². The molecule has 9 aromatic carbocycles. The summed E-state index contributed by atoms with van der Waals surface area (Å²) in [5, 5.41) is 9.46. The average Bonchev–Trinajstić information content (AvgIpc) is 3.85. The molecule has 2 heterocycles. The predicted molar refractivity (Wildman–Crippen MR) is 248 cm³/mol. The zero-order valence-corrected chi connectivity index (χ0v) is 33.5. The summed E-state index contributed by atoms with van der Waals surface area (Å²) in [6, 6.07) is 86.3. The number of rotatable bonds is 6. The van der Waals surface area contributed by atoms with Crippen LogP contribution in [0.4, 0.5) is 17.1 Å². The van der Waals surface area contributed by atoms with Gasteiger partial charge < -0.3 is 10.2 Å². The molecule has 0 bridgehead atoms. The molecule has 1 N–H and O–H groups in total. The van der Waals surface area contributed by atoms with Crippen molar-refractivity contribution >= 4 is 45.9 Å². The first kappa shape index (κ1) is 33.9. The molecule has 3 aliphatic rings. The van der Waals surface area contributed by atoms with Crippen molar-refractivity contribution in [3.63, 3.8) is 0 Å². The molecule has 0 saturated carbocycles. The summed E-state index contributed by atoms with van der Waals surface area (Å²) >= 11 is 0. The highest BCUT2D eigenvalue weighted by atomic mass is 28.3. The van der Waals surface area contributed by atoms with Crippen molar-refractivity contribution < 1.29 is 0 Å². The molecule has 2 unspecified atom stereocenters. The standard InChI is InChI=1S/C56H40N2Si/c1-5-18-40(19-6-1)55-57-52-30-17-29-50-54(52)58(55)53-31-16-15-28-49(53)56(50)48-27-14-13-26-46(48)47-37-34-41(38-51(47)56)39-32-35-45(36-33-39)59(42-20-7-2-8-21-42,43-22-9-3-10-23-43)44-24-11-4-12-25-44/h1-38,55,57H. The number of nitrogens with zero attached hydrogens (tertiary/aromatic N) is 1. The summed E-state index contributed by atoms with van der Waals surface area (Å²) in [5.41, 5.74) is 14.8. The summed E-state index contributed by atoms with van der Waals surface area (Å²) in [6.45, 7) is 0. The van der Waals surface area contributed by atoms with Crippen LogP contribution >= 0.6 is 0 Å². The molecule has 0 amide bonds. The van der Waals surface area contributed by atoms with Crippen molar-refractivity contribution in [3.8, 4) is 22.3 Å². The van der Waals surface area contributed by atoms with E-state index in [4.69, 9.17) is 0 Å². The molecular weight excluding hydrogens is 729 g/mol. The Morgan fingerprint density at radius 1 is 0.390 bits per heavy atom. The first-order valence-corrected chi connectivity index (χ1v) is 22.6. The van der Waals surface area contributed by atoms with Gasteiger partial charge in [-0.3, -0.25) is 0 Å². The van der Waals surface area contributed by atoms with Gasteiger partial charge in [-0.1, -0.05) is 212 Å². The van der Waals surface area contributed by atoms with E-state index in [1.165, 1.54) is 87.9 Å². The number of anilines is 3. The number of para-hydroxylation sites is 2. The summed E-state index contributed by atoms with van der Waals surface area (Å²) in [5.74, 6) is 0. The SMILES string of the molecule is c1ccc(C2Nc3cccc4c3N2c2ccccc2C42c3ccccc3-c3ccc(-c4ccc([Si](c5ccccc5)(c5ccccc5)c5ccccc5)cc4)cc32)cc1. The van der Waals surface area contributed by atoms with E-state index in [0.717, 1.165) is 0 Å². The molecule has 2 atom stereocenters. The van der Waals surface area contributed by atoms with Gasteiger partial charge in [0.15, 0.2) is 8.07 Å². The van der Waals surface area contributed by atoms with E-state index in [1.54, 1.807) is 0 Å². The normalized spacial score (nSPS) is 16.8. The highest BCUT2D eigenvalue weighted by Crippen LogP contribution is 2.66. The van der Waals surface area contributed by atoms with Gasteiger partial charge in [0.05, 0.1) is 16.8 Å². The summed E-state index contributed by atoms with van der Waals surface area (Å²) < 4.78 is 0. The molecule has 0 fully saturated rings. The van der Waals surface area contributed by atoms with Gasteiger partial charge in [-0.25, -0.2) is 0 Å². The largest absolute Gasteiger partial charge is 0.359 e. The minimum Gasteiger partial charge on any atom is -0.359 e. The molecule has 12 rings (SSSR count). The van der Waals surface area contributed by atoms with Gasteiger partial charge in [0.1, 0.15) is 6.17 Å².